The number of halogens is 1. The molecule has 14 heavy (non-hydrogen) atoms. The fraction of sp³-hybridized carbons (Fsp3) is 0.100. The number of rotatable bonds is 3. The molecule has 1 N–H and O–H groups in total. The van der Waals surface area contributed by atoms with Gasteiger partial charge in [0.15, 0.2) is 0 Å². The highest BCUT2D eigenvalue weighted by molar-refractivity contribution is 9.10. The van der Waals surface area contributed by atoms with Gasteiger partial charge >= 0.3 is 0 Å². The van der Waals surface area contributed by atoms with Gasteiger partial charge in [0.2, 0.25) is 0 Å². The van der Waals surface area contributed by atoms with E-state index in [1.54, 1.807) is 23.7 Å². The van der Waals surface area contributed by atoms with Crippen LogP contribution in [-0.2, 0) is 6.54 Å². The fourth-order valence-electron chi connectivity index (χ4n) is 1.11. The third kappa shape index (κ3) is 2.56. The van der Waals surface area contributed by atoms with Gasteiger partial charge in [0.1, 0.15) is 0 Å². The van der Waals surface area contributed by atoms with Crippen LogP contribution < -0.4 is 5.32 Å². The molecule has 72 valence electrons. The maximum Gasteiger partial charge on any atom is 0.0494 e. The van der Waals surface area contributed by atoms with Crippen molar-refractivity contribution in [1.82, 2.24) is 4.98 Å². The summed E-state index contributed by atoms with van der Waals surface area (Å²) in [5, 5.41) is 5.41. The third-order valence-corrected chi connectivity index (χ3v) is 3.47. The summed E-state index contributed by atoms with van der Waals surface area (Å²) < 4.78 is 1.15. The molecule has 2 rings (SSSR count). The van der Waals surface area contributed by atoms with E-state index in [-0.39, 0.29) is 0 Å². The first kappa shape index (κ1) is 9.68. The number of thiophene rings is 1. The van der Waals surface area contributed by atoms with Crippen molar-refractivity contribution in [2.75, 3.05) is 5.32 Å². The molecule has 0 saturated carbocycles. The zero-order chi connectivity index (χ0) is 9.80. The average Bonchev–Trinajstić information content (AvgIpc) is 2.63. The van der Waals surface area contributed by atoms with Crippen molar-refractivity contribution in [3.63, 3.8) is 0 Å². The van der Waals surface area contributed by atoms with Crippen LogP contribution in [0, 0.1) is 0 Å². The number of pyridine rings is 1. The van der Waals surface area contributed by atoms with E-state index in [4.69, 9.17) is 0 Å². The second-order valence-electron chi connectivity index (χ2n) is 2.82. The molecule has 2 heterocycles. The lowest BCUT2D eigenvalue weighted by molar-refractivity contribution is 1.18. The van der Waals surface area contributed by atoms with Crippen LogP contribution in [0.2, 0.25) is 0 Å². The van der Waals surface area contributed by atoms with E-state index in [2.05, 4.69) is 37.7 Å². The smallest absolute Gasteiger partial charge is 0.0494 e. The Morgan fingerprint density at radius 3 is 2.79 bits per heavy atom. The van der Waals surface area contributed by atoms with Crippen LogP contribution in [0.5, 0.6) is 0 Å². The van der Waals surface area contributed by atoms with Gasteiger partial charge < -0.3 is 5.32 Å². The van der Waals surface area contributed by atoms with E-state index in [9.17, 15) is 0 Å². The number of nitrogens with zero attached hydrogens (tertiary/aromatic N) is 1. The summed E-state index contributed by atoms with van der Waals surface area (Å²) in [5.74, 6) is 0. The van der Waals surface area contributed by atoms with Crippen LogP contribution in [0.25, 0.3) is 0 Å². The monoisotopic (exact) mass is 268 g/mol. The molecule has 0 aliphatic heterocycles. The Balaban J connectivity index is 1.95. The van der Waals surface area contributed by atoms with Crippen molar-refractivity contribution in [2.24, 2.45) is 0 Å². The van der Waals surface area contributed by atoms with Crippen LogP contribution in [0.3, 0.4) is 0 Å². The lowest BCUT2D eigenvalue weighted by atomic mass is 10.4. The van der Waals surface area contributed by atoms with E-state index in [0.717, 1.165) is 16.7 Å². The highest BCUT2D eigenvalue weighted by Gasteiger charge is 1.96. The van der Waals surface area contributed by atoms with Gasteiger partial charge in [-0.25, -0.2) is 0 Å². The predicted molar refractivity (Wildman–Crippen MR) is 63.6 cm³/mol. The Hall–Kier alpha value is -0.870. The standard InChI is InChI=1S/C10H9BrN2S/c11-8-5-10(14-7-8)6-13-9-1-3-12-4-2-9/h1-5,7H,6H2,(H,12,13). The summed E-state index contributed by atoms with van der Waals surface area (Å²) in [6.45, 7) is 0.861. The second-order valence-corrected chi connectivity index (χ2v) is 4.73. The lowest BCUT2D eigenvalue weighted by Crippen LogP contribution is -1.96. The van der Waals surface area contributed by atoms with Crippen LogP contribution in [-0.4, -0.2) is 4.98 Å². The van der Waals surface area contributed by atoms with E-state index in [1.807, 2.05) is 12.1 Å². The largest absolute Gasteiger partial charge is 0.380 e. The molecule has 2 aromatic rings. The molecule has 0 amide bonds. The minimum Gasteiger partial charge on any atom is -0.380 e. The first-order chi connectivity index (χ1) is 6.84. The van der Waals surface area contributed by atoms with Gasteiger partial charge in [-0.3, -0.25) is 4.98 Å². The molecule has 0 atom stereocenters. The Morgan fingerprint density at radius 1 is 1.36 bits per heavy atom. The summed E-state index contributed by atoms with van der Waals surface area (Å²) in [6, 6.07) is 6.05. The summed E-state index contributed by atoms with van der Waals surface area (Å²) in [4.78, 5) is 5.27. The molecular weight excluding hydrogens is 260 g/mol. The molecule has 0 aliphatic rings. The van der Waals surface area contributed by atoms with Gasteiger partial charge in [-0.1, -0.05) is 0 Å². The summed E-state index contributed by atoms with van der Waals surface area (Å²) in [6.07, 6.45) is 3.57. The average molecular weight is 269 g/mol. The fourth-order valence-corrected chi connectivity index (χ4v) is 2.50. The van der Waals surface area contributed by atoms with Gasteiger partial charge in [-0.2, -0.15) is 0 Å². The van der Waals surface area contributed by atoms with Crippen molar-refractivity contribution < 1.29 is 0 Å². The lowest BCUT2D eigenvalue weighted by Gasteiger charge is -2.02. The molecule has 4 heteroatoms. The molecule has 0 unspecified atom stereocenters. The van der Waals surface area contributed by atoms with Crippen molar-refractivity contribution in [2.45, 2.75) is 6.54 Å². The van der Waals surface area contributed by atoms with E-state index < -0.39 is 0 Å². The highest BCUT2D eigenvalue weighted by Crippen LogP contribution is 2.20. The quantitative estimate of drug-likeness (QED) is 0.922. The number of hydrogen-bond donors (Lipinski definition) is 1. The van der Waals surface area contributed by atoms with E-state index in [0.29, 0.717) is 0 Å². The molecule has 0 fully saturated rings. The van der Waals surface area contributed by atoms with Gasteiger partial charge in [0, 0.05) is 39.4 Å². The minimum absolute atomic E-state index is 0.861. The number of aromatic nitrogens is 1. The van der Waals surface area contributed by atoms with Crippen LogP contribution in [0.15, 0.2) is 40.4 Å². The van der Waals surface area contributed by atoms with Gasteiger partial charge in [-0.15, -0.1) is 11.3 Å². The molecule has 0 saturated heterocycles. The van der Waals surface area contributed by atoms with Crippen LogP contribution >= 0.6 is 27.3 Å². The first-order valence-electron chi connectivity index (χ1n) is 4.21. The Kier molecular flexibility index (Phi) is 3.16. The minimum atomic E-state index is 0.861. The highest BCUT2D eigenvalue weighted by atomic mass is 79.9. The summed E-state index contributed by atoms with van der Waals surface area (Å²) in [7, 11) is 0. The normalized spacial score (nSPS) is 10.1. The Labute approximate surface area is 95.1 Å². The van der Waals surface area contributed by atoms with Crippen LogP contribution in [0.4, 0.5) is 5.69 Å². The molecule has 0 aliphatic carbocycles. The zero-order valence-corrected chi connectivity index (χ0v) is 9.81. The van der Waals surface area contributed by atoms with Crippen molar-refractivity contribution in [1.29, 1.82) is 0 Å². The zero-order valence-electron chi connectivity index (χ0n) is 7.40. The molecule has 2 aromatic heterocycles. The number of hydrogen-bond acceptors (Lipinski definition) is 3. The molecule has 0 radical (unpaired) electrons. The molecule has 0 spiro atoms. The first-order valence-corrected chi connectivity index (χ1v) is 5.89. The summed E-state index contributed by atoms with van der Waals surface area (Å²) >= 11 is 5.17. The SMILES string of the molecule is Brc1csc(CNc2ccncc2)c1. The second kappa shape index (κ2) is 4.57. The number of anilines is 1. The third-order valence-electron chi connectivity index (χ3n) is 1.77. The maximum absolute atomic E-state index is 3.96. The van der Waals surface area contributed by atoms with E-state index >= 15 is 0 Å². The van der Waals surface area contributed by atoms with Crippen molar-refractivity contribution in [3.05, 3.63) is 45.3 Å². The maximum atomic E-state index is 3.96. The molecule has 0 bridgehead atoms. The van der Waals surface area contributed by atoms with Crippen LogP contribution in [0.1, 0.15) is 4.88 Å². The Morgan fingerprint density at radius 2 is 2.14 bits per heavy atom. The molecule has 2 nitrogen and oxygen atoms in total. The van der Waals surface area contributed by atoms with Gasteiger partial charge in [0.25, 0.3) is 0 Å². The molecular formula is C10H9BrN2S. The van der Waals surface area contributed by atoms with E-state index in [1.165, 1.54) is 4.88 Å². The topological polar surface area (TPSA) is 24.9 Å². The number of nitrogens with one attached hydrogen (secondary N) is 1. The van der Waals surface area contributed by atoms with Gasteiger partial charge in [0.05, 0.1) is 0 Å². The Bertz CT molecular complexity index is 400. The van der Waals surface area contributed by atoms with Gasteiger partial charge in [-0.05, 0) is 34.1 Å². The predicted octanol–water partition coefficient (Wildman–Crippen LogP) is 3.52. The molecule has 0 aromatic carbocycles. The summed E-state index contributed by atoms with van der Waals surface area (Å²) in [5.41, 5.74) is 1.10. The van der Waals surface area contributed by atoms with Crippen molar-refractivity contribution in [3.8, 4) is 0 Å². The van der Waals surface area contributed by atoms with Crippen molar-refractivity contribution >= 4 is 33.0 Å².